The molecule has 12 aromatic rings. The van der Waals surface area contributed by atoms with Gasteiger partial charge < -0.3 is 66.3 Å². The highest BCUT2D eigenvalue weighted by atomic mass is 19.1. The molecule has 0 spiro atoms. The van der Waals surface area contributed by atoms with Gasteiger partial charge in [-0.1, -0.05) is 169 Å². The lowest BCUT2D eigenvalue weighted by molar-refractivity contribution is -0.138. The van der Waals surface area contributed by atoms with Gasteiger partial charge in [-0.05, 0) is 291 Å². The van der Waals surface area contributed by atoms with Crippen LogP contribution in [0.1, 0.15) is 93.5 Å². The van der Waals surface area contributed by atoms with Gasteiger partial charge in [0, 0.05) is 71.4 Å². The normalized spacial score (nSPS) is 10.1. The van der Waals surface area contributed by atoms with Gasteiger partial charge in [-0.2, -0.15) is 0 Å². The lowest BCUT2D eigenvalue weighted by atomic mass is 9.99. The number of ketones is 1. The number of esters is 10. The lowest BCUT2D eigenvalue weighted by Crippen LogP contribution is -2.11. The van der Waals surface area contributed by atoms with Gasteiger partial charge in [-0.15, -0.1) is 0 Å². The molecule has 12 aromatic carbocycles. The highest BCUT2D eigenvalue weighted by Crippen LogP contribution is 2.35. The molecule has 12 rings (SSSR count). The van der Waals surface area contributed by atoms with E-state index in [0.717, 1.165) is 79.6 Å². The molecule has 0 aliphatic rings. The van der Waals surface area contributed by atoms with E-state index in [1.54, 1.807) is 205 Å². The molecule has 26 heteroatoms. The molecule has 0 N–H and O–H groups in total. The van der Waals surface area contributed by atoms with Crippen LogP contribution in [0.3, 0.4) is 0 Å². The van der Waals surface area contributed by atoms with Crippen LogP contribution in [0, 0.1) is 12.7 Å². The molecule has 0 aliphatic carbocycles. The predicted molar refractivity (Wildman–Crippen MR) is 554 cm³/mol. The summed E-state index contributed by atoms with van der Waals surface area (Å²) in [7, 11) is 0. The number of carbonyl (C=O) groups excluding carboxylic acids is 11. The van der Waals surface area contributed by atoms with Crippen molar-refractivity contribution < 1.29 is 123 Å². The second-order valence-corrected chi connectivity index (χ2v) is 31.8. The van der Waals surface area contributed by atoms with Crippen LogP contribution in [-0.4, -0.2) is 98.5 Å². The molecule has 0 bridgehead atoms. The van der Waals surface area contributed by atoms with Crippen molar-refractivity contribution in [3.63, 3.8) is 0 Å². The molecule has 0 heterocycles. The SMILES string of the molecule is C=C(C)C(=C)Oc1ccc(-c2ccc(-c3ccc(OCCCC(=O)C(=C)C)cc3)cc2F)cc1.C=C(C)C(=O)Oc1ccc(-c2ccc(OC(=O)C(=C)C)cc2)cc1.C=C(C)C(=O)Oc1ccc2cc(OC(=O)C(=C)C)ccc2c1.C=CC(=O)OCCCOc1ccc(C(=O)Oc2ccc(OC(=O)c3ccc(OCCCOC(=O)C=C)cc3)c(C)c2)cc1.C=CC(=O)Oc1ccc(-c2ccc(OC(=O)C=C)cc2)cc1. The average Bonchev–Trinajstić information content (AvgIpc) is 0.795. The number of Topliss-reactive ketones (excluding diaryl/α,β-unsaturated/α-hetero) is 1. The third kappa shape index (κ3) is 38.0. The van der Waals surface area contributed by atoms with E-state index in [9.17, 15) is 57.1 Å². The first kappa shape index (κ1) is 112. The van der Waals surface area contributed by atoms with Crippen LogP contribution < -0.4 is 56.8 Å². The minimum Gasteiger partial charge on any atom is -0.494 e. The molecular formula is C119H109FO25. The van der Waals surface area contributed by atoms with Gasteiger partial charge >= 0.3 is 59.7 Å². The zero-order chi connectivity index (χ0) is 106. The molecule has 742 valence electrons. The van der Waals surface area contributed by atoms with E-state index >= 15 is 0 Å². The number of ether oxygens (including phenoxy) is 14. The first-order chi connectivity index (χ1) is 69.4. The number of aryl methyl sites for hydroxylation is 1. The number of halogens is 1. The summed E-state index contributed by atoms with van der Waals surface area (Å²) in [4.78, 5) is 127. The molecule has 0 aromatic heterocycles. The fraction of sp³-hybridized carbons (Fsp3) is 0.134. The van der Waals surface area contributed by atoms with E-state index in [2.05, 4.69) is 72.4 Å². The Balaban J connectivity index is 0.000000227. The number of carbonyl (C=O) groups is 11. The zero-order valence-corrected chi connectivity index (χ0v) is 81.4. The Hall–Kier alpha value is -18.5. The Kier molecular flexibility index (Phi) is 44.1. The van der Waals surface area contributed by atoms with Gasteiger partial charge in [0.05, 0.1) is 44.2 Å². The van der Waals surface area contributed by atoms with E-state index in [1.165, 1.54) is 12.1 Å². The highest BCUT2D eigenvalue weighted by Gasteiger charge is 2.19. The fourth-order valence-electron chi connectivity index (χ4n) is 12.0. The molecule has 0 saturated heterocycles. The van der Waals surface area contributed by atoms with Gasteiger partial charge in [0.15, 0.2) is 5.78 Å². The number of fused-ring (bicyclic) bond motifs is 1. The molecular weight excluding hydrogens is 1850 g/mol. The van der Waals surface area contributed by atoms with Crippen molar-refractivity contribution in [3.8, 4) is 114 Å². The maximum Gasteiger partial charge on any atom is 0.343 e. The topological polar surface area (TPSA) is 317 Å². The maximum atomic E-state index is 14.9. The molecule has 0 radical (unpaired) electrons. The number of rotatable bonds is 41. The molecule has 0 saturated carbocycles. The standard InChI is InChI=1S/C33H32O10.C30H29FO3.C20H18O4.C18H16O4.C18H14O4/c1-4-30(34)40-20-6-18-38-26-12-8-24(9-13-26)32(36)42-28-16-17-29(23(3)22-28)43-33(37)25-10-14-27(15-11-25)39-19-7-21-41-31(35)5-2;1-20(2)22(5)34-27-15-10-24(11-16-27)28-17-12-25(19-29(28)31)23-8-13-26(14-9-23)33-18-6-7-30(32)21(3)4;1-13(2)19(21)23-17-9-5-15(6-10-17)16-7-11-18(12-8-16)24-20(22)14(3)4;1-11(2)17(19)21-15-7-5-14-10-16(8-6-13(14)9-15)22-18(20)12(3)4;1-3-17(19)21-15-9-5-13(6-10-15)14-7-11-16(12-8-14)22-18(20)4-2/h4-5,8-17,22H,1-2,6-7,18-21H2,3H3;8-17,19H,1,3,5-7,18H2,2,4H3;5-12H,1,3H2,2,4H3;5-10H,1,3H2,2,4H3;3-12H,1-2H2. The van der Waals surface area contributed by atoms with Crippen molar-refractivity contribution in [2.45, 2.75) is 74.1 Å². The number of hydrogen-bond donors (Lipinski definition) is 0. The summed E-state index contributed by atoms with van der Waals surface area (Å²) in [5, 5.41) is 1.73. The smallest absolute Gasteiger partial charge is 0.343 e. The summed E-state index contributed by atoms with van der Waals surface area (Å²) in [5.74, 6) is 1.06. The number of benzene rings is 12. The Morgan fingerprint density at radius 3 is 0.910 bits per heavy atom. The third-order valence-corrected chi connectivity index (χ3v) is 19.9. The van der Waals surface area contributed by atoms with Crippen LogP contribution in [0.2, 0.25) is 0 Å². The van der Waals surface area contributed by atoms with Gasteiger partial charge in [-0.3, -0.25) is 4.79 Å². The van der Waals surface area contributed by atoms with E-state index in [1.807, 2.05) is 97.9 Å². The minimum atomic E-state index is -0.563. The van der Waals surface area contributed by atoms with Crippen molar-refractivity contribution >= 4 is 76.2 Å². The van der Waals surface area contributed by atoms with E-state index in [-0.39, 0.29) is 30.6 Å². The molecule has 0 unspecified atom stereocenters. The zero-order valence-electron chi connectivity index (χ0n) is 81.4. The highest BCUT2D eigenvalue weighted by molar-refractivity contribution is 5.96. The van der Waals surface area contributed by atoms with Crippen molar-refractivity contribution in [2.75, 3.05) is 33.0 Å². The largest absolute Gasteiger partial charge is 0.494 e. The lowest BCUT2D eigenvalue weighted by Gasteiger charge is -2.11. The maximum absolute atomic E-state index is 14.9. The van der Waals surface area contributed by atoms with Crippen molar-refractivity contribution in [1.82, 2.24) is 0 Å². The number of hydrogen-bond acceptors (Lipinski definition) is 25. The predicted octanol–water partition coefficient (Wildman–Crippen LogP) is 25.0. The summed E-state index contributed by atoms with van der Waals surface area (Å²) in [6.07, 6.45) is 6.49. The molecule has 25 nitrogen and oxygen atoms in total. The van der Waals surface area contributed by atoms with Gasteiger partial charge in [0.1, 0.15) is 80.6 Å². The quantitative estimate of drug-likeness (QED) is 0.00858. The summed E-state index contributed by atoms with van der Waals surface area (Å²) < 4.78 is 88.8. The van der Waals surface area contributed by atoms with Crippen molar-refractivity contribution in [3.05, 3.63) is 425 Å². The van der Waals surface area contributed by atoms with Gasteiger partial charge in [-0.25, -0.2) is 52.3 Å². The van der Waals surface area contributed by atoms with Crippen LogP contribution in [0.4, 0.5) is 4.39 Å². The summed E-state index contributed by atoms with van der Waals surface area (Å²) in [6.45, 7) is 51.9. The van der Waals surface area contributed by atoms with E-state index in [0.29, 0.717) is 165 Å². The van der Waals surface area contributed by atoms with Crippen LogP contribution in [0.5, 0.6) is 69.0 Å². The van der Waals surface area contributed by atoms with E-state index < -0.39 is 59.7 Å². The second-order valence-electron chi connectivity index (χ2n) is 31.8. The summed E-state index contributed by atoms with van der Waals surface area (Å²) >= 11 is 0. The fourth-order valence-corrected chi connectivity index (χ4v) is 12.0. The first-order valence-electron chi connectivity index (χ1n) is 45.0. The minimum absolute atomic E-state index is 0.0578. The summed E-state index contributed by atoms with van der Waals surface area (Å²) in [5.41, 5.74) is 10.6. The van der Waals surface area contributed by atoms with E-state index in [4.69, 9.17) is 66.3 Å². The Bertz CT molecular complexity index is 6570. The number of allylic oxidation sites excluding steroid dienone is 2. The molecule has 0 aliphatic heterocycles. The second kappa shape index (κ2) is 57.2. The molecule has 0 fully saturated rings. The first-order valence-corrected chi connectivity index (χ1v) is 45.0. The molecule has 0 amide bonds. The average molecular weight is 1960 g/mol. The van der Waals surface area contributed by atoms with Crippen molar-refractivity contribution in [1.29, 1.82) is 0 Å². The van der Waals surface area contributed by atoms with Crippen LogP contribution in [0.15, 0.2) is 403 Å². The van der Waals surface area contributed by atoms with Gasteiger partial charge in [0.2, 0.25) is 0 Å². The van der Waals surface area contributed by atoms with Crippen LogP contribution >= 0.6 is 0 Å². The Morgan fingerprint density at radius 1 is 0.269 bits per heavy atom. The van der Waals surface area contributed by atoms with Gasteiger partial charge in [0.25, 0.3) is 0 Å². The Morgan fingerprint density at radius 2 is 0.566 bits per heavy atom. The molecule has 145 heavy (non-hydrogen) atoms. The van der Waals surface area contributed by atoms with Crippen LogP contribution in [0.25, 0.3) is 55.3 Å². The monoisotopic (exact) mass is 1960 g/mol. The van der Waals surface area contributed by atoms with Crippen molar-refractivity contribution in [2.24, 2.45) is 0 Å². The third-order valence-electron chi connectivity index (χ3n) is 19.9. The van der Waals surface area contributed by atoms with Crippen LogP contribution in [-0.2, 0) is 52.6 Å². The Labute approximate surface area is 841 Å². The summed E-state index contributed by atoms with van der Waals surface area (Å²) in [6, 6.07) is 76.2. The molecule has 0 atom stereocenters.